The first-order valence-electron chi connectivity index (χ1n) is 9.95. The van der Waals surface area contributed by atoms with E-state index in [1.807, 2.05) is 42.5 Å². The molecule has 0 saturated carbocycles. The van der Waals surface area contributed by atoms with Gasteiger partial charge in [-0.3, -0.25) is 19.5 Å². The van der Waals surface area contributed by atoms with Gasteiger partial charge in [0.1, 0.15) is 5.54 Å². The minimum absolute atomic E-state index is 0.0186. The molecule has 6 heteroatoms. The third-order valence-electron chi connectivity index (χ3n) is 5.87. The van der Waals surface area contributed by atoms with Gasteiger partial charge in [-0.1, -0.05) is 24.3 Å². The fourth-order valence-corrected chi connectivity index (χ4v) is 4.48. The van der Waals surface area contributed by atoms with E-state index < -0.39 is 5.54 Å². The van der Waals surface area contributed by atoms with Gasteiger partial charge in [0.25, 0.3) is 5.91 Å². The zero-order chi connectivity index (χ0) is 19.4. The maximum Gasteiger partial charge on any atom is 0.251 e. The molecule has 0 spiro atoms. The van der Waals surface area contributed by atoms with Crippen molar-refractivity contribution in [2.24, 2.45) is 0 Å². The Morgan fingerprint density at radius 2 is 2.00 bits per heavy atom. The maximum absolute atomic E-state index is 13.2. The smallest absolute Gasteiger partial charge is 0.251 e. The normalized spacial score (nSPS) is 24.4. The van der Waals surface area contributed by atoms with Crippen LogP contribution in [-0.4, -0.2) is 46.4 Å². The number of fused-ring (bicyclic) bond motifs is 1. The van der Waals surface area contributed by atoms with Crippen molar-refractivity contribution in [3.8, 4) is 0 Å². The van der Waals surface area contributed by atoms with Crippen molar-refractivity contribution in [3.63, 3.8) is 0 Å². The molecule has 2 aliphatic heterocycles. The lowest BCUT2D eigenvalue weighted by Gasteiger charge is -2.40. The molecule has 3 heterocycles. The molecule has 1 aromatic carbocycles. The van der Waals surface area contributed by atoms with Crippen molar-refractivity contribution in [2.75, 3.05) is 13.1 Å². The molecule has 0 radical (unpaired) electrons. The van der Waals surface area contributed by atoms with Crippen LogP contribution >= 0.6 is 0 Å². The number of aromatic nitrogens is 1. The molecule has 2 saturated heterocycles. The summed E-state index contributed by atoms with van der Waals surface area (Å²) in [5, 5.41) is 6.24. The number of carbonyl (C=O) groups is 2. The summed E-state index contributed by atoms with van der Waals surface area (Å²) in [5.74, 6) is -0.0103. The zero-order valence-electron chi connectivity index (χ0n) is 15.9. The van der Waals surface area contributed by atoms with Crippen molar-refractivity contribution >= 4 is 11.8 Å². The molecule has 0 bridgehead atoms. The van der Waals surface area contributed by atoms with Crippen LogP contribution in [0.3, 0.4) is 0 Å². The summed E-state index contributed by atoms with van der Waals surface area (Å²) in [6, 6.07) is 13.1. The van der Waals surface area contributed by atoms with E-state index in [0.717, 1.165) is 37.9 Å². The third kappa shape index (κ3) is 3.78. The van der Waals surface area contributed by atoms with Crippen molar-refractivity contribution < 1.29 is 9.59 Å². The first kappa shape index (κ1) is 18.6. The Kier molecular flexibility index (Phi) is 5.39. The Labute approximate surface area is 165 Å². The second-order valence-electron chi connectivity index (χ2n) is 7.72. The Morgan fingerprint density at radius 1 is 1.14 bits per heavy atom. The molecule has 2 amide bonds. The molecule has 28 heavy (non-hydrogen) atoms. The summed E-state index contributed by atoms with van der Waals surface area (Å²) in [6.07, 6.45) is 7.12. The predicted octanol–water partition coefficient (Wildman–Crippen LogP) is 2.12. The van der Waals surface area contributed by atoms with E-state index in [9.17, 15) is 9.59 Å². The molecule has 4 rings (SSSR count). The topological polar surface area (TPSA) is 74.3 Å². The van der Waals surface area contributed by atoms with Crippen molar-refractivity contribution in [2.45, 2.75) is 43.8 Å². The fourth-order valence-electron chi connectivity index (χ4n) is 4.48. The number of rotatable bonds is 5. The number of nitrogens with zero attached hydrogens (tertiary/aromatic N) is 2. The number of nitrogens with one attached hydrogen (secondary N) is 2. The van der Waals surface area contributed by atoms with Crippen molar-refractivity contribution in [1.29, 1.82) is 0 Å². The second kappa shape index (κ2) is 8.10. The SMILES string of the molecule is O=C(N[C@@H]1CN2CCCC[C@@]2(C(=O)NCc2cccnc2)C1)c1ccccc1. The van der Waals surface area contributed by atoms with Crippen LogP contribution in [-0.2, 0) is 11.3 Å². The lowest BCUT2D eigenvalue weighted by atomic mass is 9.84. The number of hydrogen-bond donors (Lipinski definition) is 2. The Morgan fingerprint density at radius 3 is 2.79 bits per heavy atom. The number of carbonyl (C=O) groups excluding carboxylic acids is 2. The van der Waals surface area contributed by atoms with Crippen LogP contribution in [0.15, 0.2) is 54.9 Å². The molecule has 0 aliphatic carbocycles. The second-order valence-corrected chi connectivity index (χ2v) is 7.72. The summed E-state index contributed by atoms with van der Waals surface area (Å²) in [6.45, 7) is 2.10. The molecular formula is C22H26N4O2. The first-order chi connectivity index (χ1) is 13.7. The van der Waals surface area contributed by atoms with Crippen LogP contribution in [0.2, 0.25) is 0 Å². The third-order valence-corrected chi connectivity index (χ3v) is 5.87. The summed E-state index contributed by atoms with van der Waals surface area (Å²) >= 11 is 0. The van der Waals surface area contributed by atoms with E-state index in [1.165, 1.54) is 0 Å². The molecule has 2 aromatic rings. The van der Waals surface area contributed by atoms with E-state index >= 15 is 0 Å². The Balaban J connectivity index is 1.44. The highest BCUT2D eigenvalue weighted by molar-refractivity contribution is 5.94. The van der Waals surface area contributed by atoms with Gasteiger partial charge in [0.05, 0.1) is 0 Å². The Hall–Kier alpha value is -2.73. The van der Waals surface area contributed by atoms with Gasteiger partial charge in [-0.05, 0) is 56.0 Å². The number of benzene rings is 1. The lowest BCUT2D eigenvalue weighted by molar-refractivity contribution is -0.134. The Bertz CT molecular complexity index is 827. The summed E-state index contributed by atoms with van der Waals surface area (Å²) < 4.78 is 0. The molecule has 2 atom stereocenters. The van der Waals surface area contributed by atoms with Gasteiger partial charge in [-0.2, -0.15) is 0 Å². The minimum atomic E-state index is -0.519. The van der Waals surface area contributed by atoms with Crippen LogP contribution in [0.1, 0.15) is 41.6 Å². The minimum Gasteiger partial charge on any atom is -0.350 e. The fraction of sp³-hybridized carbons (Fsp3) is 0.409. The summed E-state index contributed by atoms with van der Waals surface area (Å²) in [5.41, 5.74) is 1.12. The lowest BCUT2D eigenvalue weighted by Crippen LogP contribution is -2.57. The molecule has 2 aliphatic rings. The van der Waals surface area contributed by atoms with Crippen LogP contribution < -0.4 is 10.6 Å². The number of hydrogen-bond acceptors (Lipinski definition) is 4. The number of piperidine rings is 1. The van der Waals surface area contributed by atoms with E-state index in [4.69, 9.17) is 0 Å². The molecule has 0 unspecified atom stereocenters. The van der Waals surface area contributed by atoms with Crippen LogP contribution in [0.4, 0.5) is 0 Å². The molecule has 146 valence electrons. The van der Waals surface area contributed by atoms with E-state index in [2.05, 4.69) is 20.5 Å². The van der Waals surface area contributed by atoms with Crippen molar-refractivity contribution in [3.05, 3.63) is 66.0 Å². The van der Waals surface area contributed by atoms with E-state index in [1.54, 1.807) is 12.4 Å². The van der Waals surface area contributed by atoms with Crippen LogP contribution in [0.5, 0.6) is 0 Å². The van der Waals surface area contributed by atoms with Gasteiger partial charge in [0, 0.05) is 37.1 Å². The van der Waals surface area contributed by atoms with Crippen LogP contribution in [0.25, 0.3) is 0 Å². The number of pyridine rings is 1. The van der Waals surface area contributed by atoms with Gasteiger partial charge >= 0.3 is 0 Å². The highest BCUT2D eigenvalue weighted by Gasteiger charge is 2.52. The highest BCUT2D eigenvalue weighted by Crippen LogP contribution is 2.38. The van der Waals surface area contributed by atoms with Crippen LogP contribution in [0, 0.1) is 0 Å². The monoisotopic (exact) mass is 378 g/mol. The van der Waals surface area contributed by atoms with Gasteiger partial charge < -0.3 is 10.6 Å². The van der Waals surface area contributed by atoms with Gasteiger partial charge in [0.2, 0.25) is 5.91 Å². The number of amides is 2. The molecule has 6 nitrogen and oxygen atoms in total. The van der Waals surface area contributed by atoms with Gasteiger partial charge in [-0.15, -0.1) is 0 Å². The molecular weight excluding hydrogens is 352 g/mol. The molecule has 1 aromatic heterocycles. The van der Waals surface area contributed by atoms with E-state index in [0.29, 0.717) is 18.5 Å². The maximum atomic E-state index is 13.2. The first-order valence-corrected chi connectivity index (χ1v) is 9.95. The molecule has 2 fully saturated rings. The van der Waals surface area contributed by atoms with E-state index in [-0.39, 0.29) is 17.9 Å². The quantitative estimate of drug-likeness (QED) is 0.836. The summed E-state index contributed by atoms with van der Waals surface area (Å²) in [4.78, 5) is 32.1. The van der Waals surface area contributed by atoms with Crippen molar-refractivity contribution in [1.82, 2.24) is 20.5 Å². The highest BCUT2D eigenvalue weighted by atomic mass is 16.2. The summed E-state index contributed by atoms with van der Waals surface area (Å²) in [7, 11) is 0. The average Bonchev–Trinajstić information content (AvgIpc) is 3.12. The predicted molar refractivity (Wildman–Crippen MR) is 107 cm³/mol. The largest absolute Gasteiger partial charge is 0.350 e. The van der Waals surface area contributed by atoms with Gasteiger partial charge in [0.15, 0.2) is 0 Å². The standard InChI is InChI=1S/C22H26N4O2/c27-20(18-8-2-1-3-9-18)25-19-13-22(10-4-5-12-26(22)16-19)21(28)24-15-17-7-6-11-23-14-17/h1-3,6-9,11,14,19H,4-5,10,12-13,15-16H2,(H,24,28)(H,25,27)/t19-,22-/m0/s1. The average molecular weight is 378 g/mol. The van der Waals surface area contributed by atoms with Gasteiger partial charge in [-0.25, -0.2) is 0 Å². The zero-order valence-corrected chi connectivity index (χ0v) is 15.9. The molecule has 2 N–H and O–H groups in total.